The summed E-state index contributed by atoms with van der Waals surface area (Å²) in [6.45, 7) is 8.64. The maximum atomic E-state index is 12.5. The van der Waals surface area contributed by atoms with Crippen molar-refractivity contribution in [2.75, 3.05) is 25.5 Å². The number of hydrogen-bond acceptors (Lipinski definition) is 4. The van der Waals surface area contributed by atoms with Crippen LogP contribution in [0.3, 0.4) is 0 Å². The van der Waals surface area contributed by atoms with Crippen molar-refractivity contribution in [1.82, 2.24) is 19.6 Å². The number of halogens is 1. The van der Waals surface area contributed by atoms with E-state index >= 15 is 0 Å². The summed E-state index contributed by atoms with van der Waals surface area (Å²) < 4.78 is 3.55. The van der Waals surface area contributed by atoms with Crippen LogP contribution in [0.15, 0.2) is 16.9 Å². The first-order valence-electron chi connectivity index (χ1n) is 11.8. The highest BCUT2D eigenvalue weighted by atomic mass is 35.5. The molecule has 178 valence electrons. The van der Waals surface area contributed by atoms with E-state index in [0.717, 1.165) is 22.8 Å². The highest BCUT2D eigenvalue weighted by Crippen LogP contribution is 2.34. The lowest BCUT2D eigenvalue weighted by Crippen LogP contribution is -2.42. The number of aromatic nitrogens is 2. The molecular formula is C25H40ClN5O. The monoisotopic (exact) mass is 461 g/mol. The van der Waals surface area contributed by atoms with Crippen molar-refractivity contribution >= 4 is 17.3 Å². The van der Waals surface area contributed by atoms with Crippen LogP contribution in [0, 0.1) is 13.8 Å². The Morgan fingerprint density at radius 1 is 1.03 bits per heavy atom. The van der Waals surface area contributed by atoms with Gasteiger partial charge in [0.2, 0.25) is 0 Å². The average Bonchev–Trinajstić information content (AvgIpc) is 2.95. The van der Waals surface area contributed by atoms with E-state index in [9.17, 15) is 4.79 Å². The topological polar surface area (TPSA) is 45.4 Å². The third-order valence-electron chi connectivity index (χ3n) is 7.48. The summed E-state index contributed by atoms with van der Waals surface area (Å²) in [6.07, 6.45) is 4.92. The Hall–Kier alpha value is -1.76. The lowest BCUT2D eigenvalue weighted by Gasteiger charge is -2.40. The number of benzene rings is 1. The van der Waals surface area contributed by atoms with E-state index in [0.29, 0.717) is 25.2 Å². The molecule has 0 amide bonds. The molecule has 1 aliphatic carbocycles. The number of nitrogens with one attached hydrogen (secondary N) is 1. The zero-order valence-electron chi connectivity index (χ0n) is 20.8. The molecule has 0 atom stereocenters. The Kier molecular flexibility index (Phi) is 8.12. The Labute approximate surface area is 198 Å². The molecule has 6 nitrogen and oxygen atoms in total. The minimum absolute atomic E-state index is 0.0616. The molecule has 7 heteroatoms. The SMILES string of the molecule is CCN(c1cc(Cl)cc(CNCc2c(C)n(C)n(C)c2=O)c1C)C1CCC(N(C)C)CC1. The first kappa shape index (κ1) is 24.9. The van der Waals surface area contributed by atoms with E-state index in [2.05, 4.69) is 55.2 Å². The predicted molar refractivity (Wildman–Crippen MR) is 135 cm³/mol. The lowest BCUT2D eigenvalue weighted by molar-refractivity contribution is 0.214. The summed E-state index contributed by atoms with van der Waals surface area (Å²) in [5, 5.41) is 4.25. The zero-order valence-corrected chi connectivity index (χ0v) is 21.6. The van der Waals surface area contributed by atoms with E-state index in [1.807, 2.05) is 18.7 Å². The summed E-state index contributed by atoms with van der Waals surface area (Å²) in [6, 6.07) is 5.43. The second-order valence-electron chi connectivity index (χ2n) is 9.44. The van der Waals surface area contributed by atoms with Gasteiger partial charge in [0.25, 0.3) is 5.56 Å². The average molecular weight is 462 g/mol. The first-order chi connectivity index (χ1) is 15.1. The van der Waals surface area contributed by atoms with Crippen LogP contribution < -0.4 is 15.8 Å². The van der Waals surface area contributed by atoms with E-state index in [4.69, 9.17) is 11.6 Å². The molecule has 0 aliphatic heterocycles. The van der Waals surface area contributed by atoms with Crippen LogP contribution in [0.5, 0.6) is 0 Å². The number of anilines is 1. The fourth-order valence-corrected chi connectivity index (χ4v) is 5.38. The van der Waals surface area contributed by atoms with Gasteiger partial charge in [-0.2, -0.15) is 0 Å². The molecule has 3 rings (SSSR count). The van der Waals surface area contributed by atoms with Crippen molar-refractivity contribution in [3.8, 4) is 0 Å². The van der Waals surface area contributed by atoms with E-state index < -0.39 is 0 Å². The Balaban J connectivity index is 1.75. The largest absolute Gasteiger partial charge is 0.369 e. The van der Waals surface area contributed by atoms with Gasteiger partial charge in [-0.25, -0.2) is 0 Å². The number of hydrogen-bond donors (Lipinski definition) is 1. The molecule has 1 N–H and O–H groups in total. The Morgan fingerprint density at radius 3 is 2.19 bits per heavy atom. The summed E-state index contributed by atoms with van der Waals surface area (Å²) in [7, 11) is 8.10. The normalized spacial score (nSPS) is 19.0. The van der Waals surface area contributed by atoms with Gasteiger partial charge in [0.15, 0.2) is 0 Å². The van der Waals surface area contributed by atoms with Gasteiger partial charge in [0, 0.05) is 62.2 Å². The quantitative estimate of drug-likeness (QED) is 0.645. The molecule has 1 fully saturated rings. The minimum Gasteiger partial charge on any atom is -0.369 e. The summed E-state index contributed by atoms with van der Waals surface area (Å²) in [4.78, 5) is 17.4. The molecule has 1 aromatic heterocycles. The van der Waals surface area contributed by atoms with E-state index in [1.54, 1.807) is 11.7 Å². The fraction of sp³-hybridized carbons (Fsp3) is 0.640. The van der Waals surface area contributed by atoms with Crippen LogP contribution in [0.1, 0.15) is 55.0 Å². The van der Waals surface area contributed by atoms with Crippen molar-refractivity contribution in [2.24, 2.45) is 14.1 Å². The molecule has 0 saturated heterocycles. The highest BCUT2D eigenvalue weighted by Gasteiger charge is 2.27. The minimum atomic E-state index is 0.0616. The zero-order chi connectivity index (χ0) is 23.6. The fourth-order valence-electron chi connectivity index (χ4n) is 5.15. The van der Waals surface area contributed by atoms with Gasteiger partial charge < -0.3 is 15.1 Å². The van der Waals surface area contributed by atoms with Crippen LogP contribution in [0.25, 0.3) is 0 Å². The van der Waals surface area contributed by atoms with Crippen molar-refractivity contribution in [2.45, 2.75) is 71.6 Å². The summed E-state index contributed by atoms with van der Waals surface area (Å²) in [5.74, 6) is 0. The van der Waals surface area contributed by atoms with Crippen molar-refractivity contribution in [3.05, 3.63) is 49.9 Å². The van der Waals surface area contributed by atoms with Gasteiger partial charge in [-0.05, 0) is 83.8 Å². The maximum Gasteiger partial charge on any atom is 0.271 e. The van der Waals surface area contributed by atoms with Crippen molar-refractivity contribution in [3.63, 3.8) is 0 Å². The van der Waals surface area contributed by atoms with Gasteiger partial charge in [-0.15, -0.1) is 0 Å². The second kappa shape index (κ2) is 10.4. The van der Waals surface area contributed by atoms with Crippen LogP contribution in [0.4, 0.5) is 5.69 Å². The number of rotatable bonds is 8. The molecule has 1 aromatic carbocycles. The van der Waals surface area contributed by atoms with E-state index in [-0.39, 0.29) is 5.56 Å². The molecule has 32 heavy (non-hydrogen) atoms. The van der Waals surface area contributed by atoms with Crippen LogP contribution in [-0.4, -0.2) is 47.0 Å². The number of nitrogens with zero attached hydrogens (tertiary/aromatic N) is 4. The second-order valence-corrected chi connectivity index (χ2v) is 9.88. The van der Waals surface area contributed by atoms with E-state index in [1.165, 1.54) is 42.5 Å². The van der Waals surface area contributed by atoms with Crippen molar-refractivity contribution in [1.29, 1.82) is 0 Å². The smallest absolute Gasteiger partial charge is 0.271 e. The summed E-state index contributed by atoms with van der Waals surface area (Å²) in [5.41, 5.74) is 5.60. The molecule has 1 heterocycles. The Morgan fingerprint density at radius 2 is 1.66 bits per heavy atom. The molecule has 0 radical (unpaired) electrons. The molecular weight excluding hydrogens is 422 g/mol. The highest BCUT2D eigenvalue weighted by molar-refractivity contribution is 6.31. The molecule has 0 unspecified atom stereocenters. The molecule has 2 aromatic rings. The van der Waals surface area contributed by atoms with Crippen LogP contribution in [-0.2, 0) is 27.2 Å². The van der Waals surface area contributed by atoms with Gasteiger partial charge in [0.1, 0.15) is 0 Å². The maximum absolute atomic E-state index is 12.5. The third kappa shape index (κ3) is 5.08. The van der Waals surface area contributed by atoms with Gasteiger partial charge in [-0.3, -0.25) is 14.2 Å². The molecule has 1 aliphatic rings. The summed E-state index contributed by atoms with van der Waals surface area (Å²) >= 11 is 6.58. The molecule has 0 bridgehead atoms. The van der Waals surface area contributed by atoms with Gasteiger partial charge >= 0.3 is 0 Å². The van der Waals surface area contributed by atoms with Crippen molar-refractivity contribution < 1.29 is 0 Å². The third-order valence-corrected chi connectivity index (χ3v) is 7.70. The predicted octanol–water partition coefficient (Wildman–Crippen LogP) is 3.98. The first-order valence-corrected chi connectivity index (χ1v) is 12.2. The Bertz CT molecular complexity index is 985. The van der Waals surface area contributed by atoms with Crippen LogP contribution in [0.2, 0.25) is 5.02 Å². The van der Waals surface area contributed by atoms with Gasteiger partial charge in [-0.1, -0.05) is 11.6 Å². The molecule has 0 spiro atoms. The molecule has 1 saturated carbocycles. The lowest BCUT2D eigenvalue weighted by atomic mass is 9.89. The standard InChI is InChI=1S/C25H40ClN5O/c1-8-31(22-11-9-21(10-12-22)28(4)5)24-14-20(26)13-19(17(24)2)15-27-16-23-18(3)29(6)30(7)25(23)32/h13-14,21-22,27H,8-12,15-16H2,1-7H3. The van der Waals surface area contributed by atoms with Crippen LogP contribution >= 0.6 is 11.6 Å². The van der Waals surface area contributed by atoms with Gasteiger partial charge in [0.05, 0.1) is 5.56 Å².